The van der Waals surface area contributed by atoms with Crippen molar-refractivity contribution in [2.75, 3.05) is 20.6 Å². The number of halogens is 1. The van der Waals surface area contributed by atoms with E-state index in [-0.39, 0.29) is 0 Å². The number of hydrogen-bond donors (Lipinski definition) is 1. The molecule has 2 N–H and O–H groups in total. The van der Waals surface area contributed by atoms with Crippen molar-refractivity contribution >= 4 is 27.3 Å². The smallest absolute Gasteiger partial charge is 0.0570 e. The molecule has 0 fully saturated rings. The normalized spacial score (nSPS) is 13.8. The average molecular weight is 249 g/mol. The number of likely N-dealkylation sites (N-methyl/N-ethyl adjacent to an activating group) is 1. The molecule has 0 aromatic carbocycles. The molecule has 1 heterocycles. The SMILES string of the molecule is CN(C)C(CN)c1sccc1Br. The van der Waals surface area contributed by atoms with Crippen LogP contribution in [-0.2, 0) is 0 Å². The van der Waals surface area contributed by atoms with Crippen LogP contribution >= 0.6 is 27.3 Å². The summed E-state index contributed by atoms with van der Waals surface area (Å²) in [6.07, 6.45) is 0. The molecule has 0 saturated carbocycles. The summed E-state index contributed by atoms with van der Waals surface area (Å²) in [4.78, 5) is 3.44. The van der Waals surface area contributed by atoms with Crippen LogP contribution < -0.4 is 5.73 Å². The van der Waals surface area contributed by atoms with Gasteiger partial charge in [-0.25, -0.2) is 0 Å². The minimum absolute atomic E-state index is 0.333. The molecule has 0 saturated heterocycles. The van der Waals surface area contributed by atoms with Crippen LogP contribution in [0.5, 0.6) is 0 Å². The first kappa shape index (κ1) is 10.2. The first-order valence-electron chi connectivity index (χ1n) is 3.76. The zero-order chi connectivity index (χ0) is 9.14. The summed E-state index contributed by atoms with van der Waals surface area (Å²) in [6, 6.07) is 2.39. The second kappa shape index (κ2) is 4.37. The molecule has 68 valence electrons. The first-order valence-corrected chi connectivity index (χ1v) is 5.43. The fraction of sp³-hybridized carbons (Fsp3) is 0.500. The molecule has 0 aliphatic heterocycles. The van der Waals surface area contributed by atoms with Crippen molar-refractivity contribution in [1.82, 2.24) is 4.90 Å². The van der Waals surface area contributed by atoms with Crippen LogP contribution in [0.15, 0.2) is 15.9 Å². The van der Waals surface area contributed by atoms with Crippen molar-refractivity contribution in [3.63, 3.8) is 0 Å². The summed E-state index contributed by atoms with van der Waals surface area (Å²) in [7, 11) is 4.09. The Labute approximate surface area is 85.5 Å². The van der Waals surface area contributed by atoms with Gasteiger partial charge in [-0.2, -0.15) is 0 Å². The van der Waals surface area contributed by atoms with Gasteiger partial charge in [-0.3, -0.25) is 0 Å². The summed E-state index contributed by atoms with van der Waals surface area (Å²) in [6.45, 7) is 0.659. The van der Waals surface area contributed by atoms with E-state index in [2.05, 4.69) is 32.3 Å². The van der Waals surface area contributed by atoms with Gasteiger partial charge in [0.15, 0.2) is 0 Å². The van der Waals surface area contributed by atoms with Crippen LogP contribution in [0, 0.1) is 0 Å². The fourth-order valence-corrected chi connectivity index (χ4v) is 2.94. The Morgan fingerprint density at radius 1 is 1.67 bits per heavy atom. The highest BCUT2D eigenvalue weighted by molar-refractivity contribution is 9.10. The molecular formula is C8H13BrN2S. The maximum absolute atomic E-state index is 5.68. The number of nitrogens with two attached hydrogens (primary N) is 1. The van der Waals surface area contributed by atoms with Crippen LogP contribution in [0.1, 0.15) is 10.9 Å². The summed E-state index contributed by atoms with van der Waals surface area (Å²) < 4.78 is 1.16. The number of rotatable bonds is 3. The number of nitrogens with zero attached hydrogens (tertiary/aromatic N) is 1. The molecule has 1 aromatic heterocycles. The highest BCUT2D eigenvalue weighted by Gasteiger charge is 2.15. The third kappa shape index (κ3) is 2.07. The fourth-order valence-electron chi connectivity index (χ4n) is 1.10. The van der Waals surface area contributed by atoms with Gasteiger partial charge < -0.3 is 10.6 Å². The van der Waals surface area contributed by atoms with Crippen molar-refractivity contribution < 1.29 is 0 Å². The van der Waals surface area contributed by atoms with Gasteiger partial charge in [-0.05, 0) is 41.5 Å². The molecule has 12 heavy (non-hydrogen) atoms. The minimum Gasteiger partial charge on any atom is -0.329 e. The molecule has 2 nitrogen and oxygen atoms in total. The summed E-state index contributed by atoms with van der Waals surface area (Å²) in [5.41, 5.74) is 5.68. The maximum atomic E-state index is 5.68. The van der Waals surface area contributed by atoms with E-state index in [0.717, 1.165) is 4.47 Å². The van der Waals surface area contributed by atoms with E-state index in [1.165, 1.54) is 4.88 Å². The lowest BCUT2D eigenvalue weighted by molar-refractivity contribution is 0.309. The van der Waals surface area contributed by atoms with E-state index < -0.39 is 0 Å². The van der Waals surface area contributed by atoms with E-state index in [1.807, 2.05) is 14.1 Å². The molecule has 0 bridgehead atoms. The Balaban J connectivity index is 2.87. The van der Waals surface area contributed by atoms with E-state index in [9.17, 15) is 0 Å². The molecule has 0 amide bonds. The van der Waals surface area contributed by atoms with Crippen LogP contribution in [0.4, 0.5) is 0 Å². The molecule has 0 spiro atoms. The molecule has 0 aliphatic carbocycles. The van der Waals surface area contributed by atoms with E-state index in [0.29, 0.717) is 12.6 Å². The van der Waals surface area contributed by atoms with Crippen LogP contribution in [0.3, 0.4) is 0 Å². The second-order valence-electron chi connectivity index (χ2n) is 2.85. The van der Waals surface area contributed by atoms with Crippen molar-refractivity contribution in [1.29, 1.82) is 0 Å². The Hall–Kier alpha value is 0.100. The lowest BCUT2D eigenvalue weighted by Crippen LogP contribution is -2.26. The van der Waals surface area contributed by atoms with Crippen molar-refractivity contribution in [2.45, 2.75) is 6.04 Å². The third-order valence-electron chi connectivity index (χ3n) is 1.79. The summed E-state index contributed by atoms with van der Waals surface area (Å²) in [5.74, 6) is 0. The van der Waals surface area contributed by atoms with Crippen LogP contribution in [-0.4, -0.2) is 25.5 Å². The minimum atomic E-state index is 0.333. The van der Waals surface area contributed by atoms with E-state index in [4.69, 9.17) is 5.73 Å². The zero-order valence-corrected chi connectivity index (χ0v) is 9.65. The number of thiophene rings is 1. The standard InChI is InChI=1S/C8H13BrN2S/c1-11(2)7(5-10)8-6(9)3-4-12-8/h3-4,7H,5,10H2,1-2H3. The molecular weight excluding hydrogens is 236 g/mol. The van der Waals surface area contributed by atoms with E-state index >= 15 is 0 Å². The van der Waals surface area contributed by atoms with Gasteiger partial charge in [0, 0.05) is 15.9 Å². The Kier molecular flexibility index (Phi) is 3.71. The van der Waals surface area contributed by atoms with Crippen LogP contribution in [0.25, 0.3) is 0 Å². The Bertz CT molecular complexity index is 247. The summed E-state index contributed by atoms with van der Waals surface area (Å²) >= 11 is 5.25. The van der Waals surface area contributed by atoms with Crippen LogP contribution in [0.2, 0.25) is 0 Å². The van der Waals surface area contributed by atoms with Gasteiger partial charge in [0.05, 0.1) is 6.04 Å². The summed E-state index contributed by atoms with van der Waals surface area (Å²) in [5, 5.41) is 2.07. The van der Waals surface area contributed by atoms with E-state index in [1.54, 1.807) is 11.3 Å². The zero-order valence-electron chi connectivity index (χ0n) is 7.25. The predicted molar refractivity (Wildman–Crippen MR) is 57.5 cm³/mol. The molecule has 4 heteroatoms. The monoisotopic (exact) mass is 248 g/mol. The third-order valence-corrected chi connectivity index (χ3v) is 3.77. The van der Waals surface area contributed by atoms with Gasteiger partial charge in [-0.1, -0.05) is 0 Å². The van der Waals surface area contributed by atoms with Crippen molar-refractivity contribution in [2.24, 2.45) is 5.73 Å². The molecule has 1 atom stereocenters. The number of hydrogen-bond acceptors (Lipinski definition) is 3. The van der Waals surface area contributed by atoms with Gasteiger partial charge in [0.25, 0.3) is 0 Å². The molecule has 1 unspecified atom stereocenters. The average Bonchev–Trinajstić information content (AvgIpc) is 2.38. The van der Waals surface area contributed by atoms with Gasteiger partial charge >= 0.3 is 0 Å². The van der Waals surface area contributed by atoms with Gasteiger partial charge in [-0.15, -0.1) is 11.3 Å². The highest BCUT2D eigenvalue weighted by atomic mass is 79.9. The second-order valence-corrected chi connectivity index (χ2v) is 4.65. The lowest BCUT2D eigenvalue weighted by Gasteiger charge is -2.21. The quantitative estimate of drug-likeness (QED) is 0.888. The lowest BCUT2D eigenvalue weighted by atomic mass is 10.2. The molecule has 1 aromatic rings. The molecule has 1 rings (SSSR count). The largest absolute Gasteiger partial charge is 0.329 e. The molecule has 0 aliphatic rings. The van der Waals surface area contributed by atoms with Crippen molar-refractivity contribution in [3.8, 4) is 0 Å². The Morgan fingerprint density at radius 3 is 2.67 bits per heavy atom. The Morgan fingerprint density at radius 2 is 2.33 bits per heavy atom. The topological polar surface area (TPSA) is 29.3 Å². The van der Waals surface area contributed by atoms with Gasteiger partial charge in [0.1, 0.15) is 0 Å². The highest BCUT2D eigenvalue weighted by Crippen LogP contribution is 2.30. The maximum Gasteiger partial charge on any atom is 0.0570 e. The van der Waals surface area contributed by atoms with Crippen molar-refractivity contribution in [3.05, 3.63) is 20.8 Å². The first-order chi connectivity index (χ1) is 5.66. The molecule has 0 radical (unpaired) electrons. The predicted octanol–water partition coefficient (Wildman–Crippen LogP) is 2.07. The van der Waals surface area contributed by atoms with Gasteiger partial charge in [0.2, 0.25) is 0 Å².